The minimum atomic E-state index is -0.0227. The predicted octanol–water partition coefficient (Wildman–Crippen LogP) is 5.57. The first-order chi connectivity index (χ1) is 13.4. The molecule has 0 aromatic heterocycles. The summed E-state index contributed by atoms with van der Waals surface area (Å²) >= 11 is 0. The second-order valence-electron chi connectivity index (χ2n) is 11.6. The zero-order valence-electron chi connectivity index (χ0n) is 19.6. The summed E-state index contributed by atoms with van der Waals surface area (Å²) < 4.78 is 0. The molecule has 4 rings (SSSR count). The van der Waals surface area contributed by atoms with Gasteiger partial charge in [0.1, 0.15) is 0 Å². The molecule has 0 aromatic carbocycles. The highest BCUT2D eigenvalue weighted by molar-refractivity contribution is 5.85. The normalized spacial score (nSPS) is 45.9. The fourth-order valence-corrected chi connectivity index (χ4v) is 8.84. The smallest absolute Gasteiger partial charge is 0.0543 e. The molecular formula is C25H48Cl2N2O. The standard InChI is InChI=1S/C25H46N2O.2ClH/c1-17(27-15-5-4-14-26)21-8-9-22-20-7-6-18-16-19(28)10-12-24(18,2)23(20)11-13-25(21,22)3;;/h17-23,27-28H,4-16,26H2,1-3H3;2*1H/t17?,18-,19-,20-,21+,22-,23-,24-,25+;;/m0../s1. The summed E-state index contributed by atoms with van der Waals surface area (Å²) in [6.45, 7) is 9.66. The molecule has 0 bridgehead atoms. The van der Waals surface area contributed by atoms with E-state index >= 15 is 0 Å². The first-order valence-electron chi connectivity index (χ1n) is 12.5. The van der Waals surface area contributed by atoms with E-state index in [9.17, 15) is 5.11 Å². The molecule has 1 unspecified atom stereocenters. The Morgan fingerprint density at radius 1 is 0.933 bits per heavy atom. The van der Waals surface area contributed by atoms with E-state index in [1.165, 1.54) is 51.4 Å². The van der Waals surface area contributed by atoms with Gasteiger partial charge in [-0.2, -0.15) is 0 Å². The summed E-state index contributed by atoms with van der Waals surface area (Å²) in [4.78, 5) is 0. The molecule has 3 nitrogen and oxygen atoms in total. The topological polar surface area (TPSA) is 58.3 Å². The Hall–Kier alpha value is 0.460. The average Bonchev–Trinajstić information content (AvgIpc) is 3.03. The van der Waals surface area contributed by atoms with Crippen LogP contribution in [-0.2, 0) is 0 Å². The highest BCUT2D eigenvalue weighted by Gasteiger charge is 2.60. The van der Waals surface area contributed by atoms with Gasteiger partial charge in [0, 0.05) is 6.04 Å². The van der Waals surface area contributed by atoms with Crippen LogP contribution in [0.4, 0.5) is 0 Å². The van der Waals surface area contributed by atoms with Gasteiger partial charge >= 0.3 is 0 Å². The zero-order valence-corrected chi connectivity index (χ0v) is 21.2. The number of aliphatic hydroxyl groups excluding tert-OH is 1. The van der Waals surface area contributed by atoms with Crippen molar-refractivity contribution < 1.29 is 5.11 Å². The second-order valence-corrected chi connectivity index (χ2v) is 11.6. The Labute approximate surface area is 197 Å². The number of hydrogen-bond donors (Lipinski definition) is 3. The molecule has 0 aliphatic heterocycles. The van der Waals surface area contributed by atoms with Crippen LogP contribution in [0, 0.1) is 40.4 Å². The van der Waals surface area contributed by atoms with Crippen LogP contribution in [0.3, 0.4) is 0 Å². The second kappa shape index (κ2) is 10.6. The fraction of sp³-hybridized carbons (Fsp3) is 1.00. The largest absolute Gasteiger partial charge is 0.393 e. The van der Waals surface area contributed by atoms with E-state index in [1.54, 1.807) is 0 Å². The van der Waals surface area contributed by atoms with E-state index in [2.05, 4.69) is 26.1 Å². The monoisotopic (exact) mass is 462 g/mol. The number of fused-ring (bicyclic) bond motifs is 5. The number of unbranched alkanes of at least 4 members (excludes halogenated alkanes) is 1. The van der Waals surface area contributed by atoms with E-state index in [0.29, 0.717) is 16.9 Å². The maximum absolute atomic E-state index is 10.2. The van der Waals surface area contributed by atoms with Crippen molar-refractivity contribution in [3.05, 3.63) is 0 Å². The van der Waals surface area contributed by atoms with Crippen molar-refractivity contribution in [3.8, 4) is 0 Å². The quantitative estimate of drug-likeness (QED) is 0.452. The third-order valence-electron chi connectivity index (χ3n) is 10.4. The highest BCUT2D eigenvalue weighted by Crippen LogP contribution is 2.67. The van der Waals surface area contributed by atoms with Crippen LogP contribution >= 0.6 is 24.8 Å². The fourth-order valence-electron chi connectivity index (χ4n) is 8.84. The predicted molar refractivity (Wildman–Crippen MR) is 131 cm³/mol. The van der Waals surface area contributed by atoms with Gasteiger partial charge in [-0.25, -0.2) is 0 Å². The van der Waals surface area contributed by atoms with Gasteiger partial charge in [0.2, 0.25) is 0 Å². The maximum Gasteiger partial charge on any atom is 0.0543 e. The minimum Gasteiger partial charge on any atom is -0.393 e. The van der Waals surface area contributed by atoms with E-state index < -0.39 is 0 Å². The molecule has 4 aliphatic carbocycles. The number of hydrogen-bond acceptors (Lipinski definition) is 3. The molecule has 4 N–H and O–H groups in total. The van der Waals surface area contributed by atoms with Gasteiger partial charge in [0.15, 0.2) is 0 Å². The molecule has 4 saturated carbocycles. The van der Waals surface area contributed by atoms with E-state index in [0.717, 1.165) is 61.9 Å². The summed E-state index contributed by atoms with van der Waals surface area (Å²) in [6, 6.07) is 0.640. The molecule has 0 spiro atoms. The van der Waals surface area contributed by atoms with Gasteiger partial charge in [0.05, 0.1) is 6.10 Å². The van der Waals surface area contributed by atoms with Crippen molar-refractivity contribution >= 4 is 24.8 Å². The molecule has 0 amide bonds. The Balaban J connectivity index is 0.00000160. The third kappa shape index (κ3) is 4.58. The minimum absolute atomic E-state index is 0. The lowest BCUT2D eigenvalue weighted by Gasteiger charge is -2.61. The summed E-state index contributed by atoms with van der Waals surface area (Å²) in [5, 5.41) is 14.1. The van der Waals surface area contributed by atoms with Crippen LogP contribution in [0.1, 0.15) is 91.4 Å². The molecule has 4 fully saturated rings. The van der Waals surface area contributed by atoms with Crippen LogP contribution < -0.4 is 11.1 Å². The Bertz CT molecular complexity index is 549. The summed E-state index contributed by atoms with van der Waals surface area (Å²) in [6.07, 6.45) is 14.3. The van der Waals surface area contributed by atoms with Gasteiger partial charge in [-0.05, 0) is 131 Å². The number of nitrogens with two attached hydrogens (primary N) is 1. The van der Waals surface area contributed by atoms with Gasteiger partial charge in [-0.1, -0.05) is 13.8 Å². The van der Waals surface area contributed by atoms with E-state index in [4.69, 9.17) is 5.73 Å². The molecule has 4 aliphatic rings. The lowest BCUT2D eigenvalue weighted by atomic mass is 9.44. The summed E-state index contributed by atoms with van der Waals surface area (Å²) in [5.74, 6) is 4.43. The SMILES string of the molecule is CC(NCCCCN)[C@H]1CC[C@H]2[C@@H]3CC[C@H]4C[C@@H](O)CC[C@]4(C)[C@H]3CC[C@]12C.Cl.Cl. The van der Waals surface area contributed by atoms with Crippen LogP contribution in [0.25, 0.3) is 0 Å². The van der Waals surface area contributed by atoms with Crippen molar-refractivity contribution in [2.45, 2.75) is 104 Å². The van der Waals surface area contributed by atoms with Gasteiger partial charge in [0.25, 0.3) is 0 Å². The average molecular weight is 464 g/mol. The van der Waals surface area contributed by atoms with Gasteiger partial charge in [-0.15, -0.1) is 24.8 Å². The van der Waals surface area contributed by atoms with E-state index in [1.807, 2.05) is 0 Å². The molecule has 5 heteroatoms. The first kappa shape index (κ1) is 26.7. The number of rotatable bonds is 6. The molecular weight excluding hydrogens is 415 g/mol. The Morgan fingerprint density at radius 2 is 1.63 bits per heavy atom. The van der Waals surface area contributed by atoms with Crippen LogP contribution in [-0.4, -0.2) is 30.3 Å². The molecule has 178 valence electrons. The third-order valence-corrected chi connectivity index (χ3v) is 10.4. The van der Waals surface area contributed by atoms with Crippen molar-refractivity contribution in [3.63, 3.8) is 0 Å². The van der Waals surface area contributed by atoms with Crippen LogP contribution in [0.2, 0.25) is 0 Å². The Kier molecular flexibility index (Phi) is 9.43. The number of halogens is 2. The molecule has 0 heterocycles. The maximum atomic E-state index is 10.2. The van der Waals surface area contributed by atoms with Gasteiger partial charge in [-0.3, -0.25) is 0 Å². The molecule has 0 aromatic rings. The highest BCUT2D eigenvalue weighted by atomic mass is 35.5. The van der Waals surface area contributed by atoms with Crippen molar-refractivity contribution in [2.75, 3.05) is 13.1 Å². The number of nitrogens with one attached hydrogen (secondary N) is 1. The van der Waals surface area contributed by atoms with Crippen LogP contribution in [0.5, 0.6) is 0 Å². The summed E-state index contributed by atoms with van der Waals surface area (Å²) in [7, 11) is 0. The molecule has 30 heavy (non-hydrogen) atoms. The van der Waals surface area contributed by atoms with Crippen LogP contribution in [0.15, 0.2) is 0 Å². The van der Waals surface area contributed by atoms with Crippen molar-refractivity contribution in [1.82, 2.24) is 5.32 Å². The molecule has 0 saturated heterocycles. The number of aliphatic hydroxyl groups is 1. The van der Waals surface area contributed by atoms with E-state index in [-0.39, 0.29) is 30.9 Å². The lowest BCUT2D eigenvalue weighted by Crippen LogP contribution is -2.55. The van der Waals surface area contributed by atoms with Crippen molar-refractivity contribution in [2.24, 2.45) is 46.2 Å². The lowest BCUT2D eigenvalue weighted by molar-refractivity contribution is -0.127. The van der Waals surface area contributed by atoms with Gasteiger partial charge < -0.3 is 16.2 Å². The Morgan fingerprint density at radius 3 is 2.37 bits per heavy atom. The molecule has 9 atom stereocenters. The molecule has 0 radical (unpaired) electrons. The first-order valence-corrected chi connectivity index (χ1v) is 12.5. The summed E-state index contributed by atoms with van der Waals surface area (Å²) in [5.41, 5.74) is 6.71. The zero-order chi connectivity index (χ0) is 19.9. The van der Waals surface area contributed by atoms with Crippen molar-refractivity contribution in [1.29, 1.82) is 0 Å².